The van der Waals surface area contributed by atoms with Crippen molar-refractivity contribution in [2.75, 3.05) is 0 Å². The fraction of sp³-hybridized carbons (Fsp3) is 0.100. The van der Waals surface area contributed by atoms with Crippen molar-refractivity contribution in [2.45, 2.75) is 27.2 Å². The molecule has 2 heterocycles. The van der Waals surface area contributed by atoms with E-state index in [0.29, 0.717) is 0 Å². The van der Waals surface area contributed by atoms with E-state index in [2.05, 4.69) is 157 Å². The molecular weight excluding hydrogens is 508 g/mol. The van der Waals surface area contributed by atoms with Crippen LogP contribution in [0.15, 0.2) is 127 Å². The van der Waals surface area contributed by atoms with Crippen LogP contribution in [0.4, 0.5) is 0 Å². The second-order valence-electron chi connectivity index (χ2n) is 11.7. The standard InChI is InChI=1S/C40H32N2/c1-26-16-17-27(2)40(22-26)42-38-15-9-6-12-34(38)35-25-29(18-21-39(35)42)24-30-19-20-31(23-28(30)3)41-36-13-7-4-10-32(36)33-11-5-8-14-37(33)41/h4-23,25H,24H2,1-3H3. The molecule has 0 N–H and O–H groups in total. The van der Waals surface area contributed by atoms with Gasteiger partial charge >= 0.3 is 0 Å². The molecule has 8 rings (SSSR count). The molecule has 6 aromatic carbocycles. The number of rotatable bonds is 4. The van der Waals surface area contributed by atoms with Crippen molar-refractivity contribution >= 4 is 43.6 Å². The number of aryl methyl sites for hydroxylation is 3. The predicted molar refractivity (Wildman–Crippen MR) is 179 cm³/mol. The molecule has 0 aliphatic heterocycles. The molecule has 2 nitrogen and oxygen atoms in total. The minimum absolute atomic E-state index is 0.901. The first-order valence-corrected chi connectivity index (χ1v) is 14.7. The Bertz CT molecular complexity index is 2260. The van der Waals surface area contributed by atoms with E-state index in [4.69, 9.17) is 0 Å². The summed E-state index contributed by atoms with van der Waals surface area (Å²) in [4.78, 5) is 0. The van der Waals surface area contributed by atoms with Crippen LogP contribution in [-0.4, -0.2) is 9.13 Å². The van der Waals surface area contributed by atoms with Gasteiger partial charge in [0.1, 0.15) is 0 Å². The summed E-state index contributed by atoms with van der Waals surface area (Å²) in [6.07, 6.45) is 0.901. The Morgan fingerprint density at radius 2 is 1.05 bits per heavy atom. The van der Waals surface area contributed by atoms with Crippen LogP contribution < -0.4 is 0 Å². The zero-order valence-corrected chi connectivity index (χ0v) is 24.2. The second kappa shape index (κ2) is 9.49. The van der Waals surface area contributed by atoms with Crippen LogP contribution in [0.3, 0.4) is 0 Å². The summed E-state index contributed by atoms with van der Waals surface area (Å²) in [5.41, 5.74) is 14.0. The molecule has 0 aliphatic rings. The predicted octanol–water partition coefficient (Wildman–Crippen LogP) is 10.4. The monoisotopic (exact) mass is 540 g/mol. The number of hydrogen-bond acceptors (Lipinski definition) is 0. The SMILES string of the molecule is Cc1ccc(C)c(-n2c3ccccc3c3cc(Cc4ccc(-n5c6ccccc6c6ccccc65)cc4C)ccc32)c1. The third-order valence-electron chi connectivity index (χ3n) is 8.90. The smallest absolute Gasteiger partial charge is 0.0541 e. The van der Waals surface area contributed by atoms with Gasteiger partial charge in [-0.25, -0.2) is 0 Å². The van der Waals surface area contributed by atoms with Gasteiger partial charge in [0.15, 0.2) is 0 Å². The summed E-state index contributed by atoms with van der Waals surface area (Å²) in [5, 5.41) is 5.20. The lowest BCUT2D eigenvalue weighted by atomic mass is 9.98. The molecule has 202 valence electrons. The highest BCUT2D eigenvalue weighted by Crippen LogP contribution is 2.35. The molecule has 0 atom stereocenters. The fourth-order valence-corrected chi connectivity index (χ4v) is 6.79. The zero-order chi connectivity index (χ0) is 28.4. The van der Waals surface area contributed by atoms with Crippen LogP contribution in [0.5, 0.6) is 0 Å². The molecule has 0 amide bonds. The molecule has 0 bridgehead atoms. The van der Waals surface area contributed by atoms with Crippen LogP contribution in [0.1, 0.15) is 27.8 Å². The molecule has 0 fully saturated rings. The minimum Gasteiger partial charge on any atom is -0.309 e. The molecule has 0 radical (unpaired) electrons. The first-order chi connectivity index (χ1) is 20.6. The highest BCUT2D eigenvalue weighted by atomic mass is 15.0. The Hall–Kier alpha value is -5.08. The lowest BCUT2D eigenvalue weighted by molar-refractivity contribution is 1.12. The molecule has 0 aliphatic carbocycles. The van der Waals surface area contributed by atoms with Gasteiger partial charge in [0.2, 0.25) is 0 Å². The summed E-state index contributed by atoms with van der Waals surface area (Å²) >= 11 is 0. The van der Waals surface area contributed by atoms with Crippen molar-refractivity contribution < 1.29 is 0 Å². The van der Waals surface area contributed by atoms with Gasteiger partial charge in [0, 0.05) is 32.9 Å². The largest absolute Gasteiger partial charge is 0.309 e. The molecule has 42 heavy (non-hydrogen) atoms. The van der Waals surface area contributed by atoms with Crippen molar-refractivity contribution in [1.82, 2.24) is 9.13 Å². The Morgan fingerprint density at radius 1 is 0.452 bits per heavy atom. The number of aromatic nitrogens is 2. The van der Waals surface area contributed by atoms with Gasteiger partial charge in [-0.3, -0.25) is 0 Å². The maximum atomic E-state index is 2.43. The van der Waals surface area contributed by atoms with Crippen molar-refractivity contribution in [3.05, 3.63) is 155 Å². The molecule has 0 saturated heterocycles. The molecule has 0 saturated carbocycles. The lowest BCUT2D eigenvalue weighted by Crippen LogP contribution is -1.99. The topological polar surface area (TPSA) is 9.86 Å². The van der Waals surface area contributed by atoms with Gasteiger partial charge in [-0.2, -0.15) is 0 Å². The quantitative estimate of drug-likeness (QED) is 0.210. The number of hydrogen-bond donors (Lipinski definition) is 0. The van der Waals surface area contributed by atoms with E-state index in [1.165, 1.54) is 82.8 Å². The third kappa shape index (κ3) is 3.79. The average Bonchev–Trinajstić information content (AvgIpc) is 3.52. The van der Waals surface area contributed by atoms with E-state index in [-0.39, 0.29) is 0 Å². The molecule has 0 unspecified atom stereocenters. The van der Waals surface area contributed by atoms with Crippen LogP contribution in [0.25, 0.3) is 55.0 Å². The molecule has 2 aromatic heterocycles. The van der Waals surface area contributed by atoms with E-state index in [1.54, 1.807) is 0 Å². The normalized spacial score (nSPS) is 11.8. The van der Waals surface area contributed by atoms with Crippen LogP contribution in [-0.2, 0) is 6.42 Å². The van der Waals surface area contributed by atoms with E-state index in [0.717, 1.165) is 6.42 Å². The van der Waals surface area contributed by atoms with Crippen molar-refractivity contribution in [1.29, 1.82) is 0 Å². The van der Waals surface area contributed by atoms with Gasteiger partial charge in [-0.15, -0.1) is 0 Å². The van der Waals surface area contributed by atoms with E-state index >= 15 is 0 Å². The second-order valence-corrected chi connectivity index (χ2v) is 11.7. The van der Waals surface area contributed by atoms with Gasteiger partial charge in [-0.1, -0.05) is 78.9 Å². The maximum absolute atomic E-state index is 2.43. The molecule has 0 spiro atoms. The Morgan fingerprint density at radius 3 is 1.71 bits per heavy atom. The Kier molecular flexibility index (Phi) is 5.58. The highest BCUT2D eigenvalue weighted by Gasteiger charge is 2.16. The number of para-hydroxylation sites is 3. The molecule has 8 aromatic rings. The van der Waals surface area contributed by atoms with Crippen LogP contribution >= 0.6 is 0 Å². The van der Waals surface area contributed by atoms with Crippen molar-refractivity contribution in [3.63, 3.8) is 0 Å². The highest BCUT2D eigenvalue weighted by molar-refractivity contribution is 6.10. The Labute approximate surface area is 246 Å². The summed E-state index contributed by atoms with van der Waals surface area (Å²) in [6, 6.07) is 46.9. The van der Waals surface area contributed by atoms with E-state index < -0.39 is 0 Å². The van der Waals surface area contributed by atoms with Crippen LogP contribution in [0, 0.1) is 20.8 Å². The van der Waals surface area contributed by atoms with Gasteiger partial charge in [0.05, 0.1) is 22.1 Å². The van der Waals surface area contributed by atoms with E-state index in [1.807, 2.05) is 0 Å². The third-order valence-corrected chi connectivity index (χ3v) is 8.90. The number of fused-ring (bicyclic) bond motifs is 6. The van der Waals surface area contributed by atoms with E-state index in [9.17, 15) is 0 Å². The van der Waals surface area contributed by atoms with Gasteiger partial charge in [0.25, 0.3) is 0 Å². The summed E-state index contributed by atoms with van der Waals surface area (Å²) < 4.78 is 4.83. The van der Waals surface area contributed by atoms with Gasteiger partial charge < -0.3 is 9.13 Å². The summed E-state index contributed by atoms with van der Waals surface area (Å²) in [7, 11) is 0. The number of benzene rings is 6. The lowest BCUT2D eigenvalue weighted by Gasteiger charge is -2.13. The maximum Gasteiger partial charge on any atom is 0.0541 e. The van der Waals surface area contributed by atoms with Crippen molar-refractivity contribution in [2.24, 2.45) is 0 Å². The summed E-state index contributed by atoms with van der Waals surface area (Å²) in [5.74, 6) is 0. The zero-order valence-electron chi connectivity index (χ0n) is 24.2. The number of nitrogens with zero attached hydrogens (tertiary/aromatic N) is 2. The van der Waals surface area contributed by atoms with Gasteiger partial charge in [-0.05, 0) is 104 Å². The van der Waals surface area contributed by atoms with Crippen molar-refractivity contribution in [3.8, 4) is 11.4 Å². The first kappa shape index (κ1) is 24.7. The minimum atomic E-state index is 0.901. The summed E-state index contributed by atoms with van der Waals surface area (Å²) in [6.45, 7) is 6.62. The molecular formula is C40H32N2. The Balaban J connectivity index is 1.22. The molecule has 2 heteroatoms. The average molecular weight is 541 g/mol. The first-order valence-electron chi connectivity index (χ1n) is 14.7. The van der Waals surface area contributed by atoms with Crippen LogP contribution in [0.2, 0.25) is 0 Å². The fourth-order valence-electron chi connectivity index (χ4n) is 6.79.